The van der Waals surface area contributed by atoms with Crippen molar-refractivity contribution >= 4 is 22.9 Å². The minimum Gasteiger partial charge on any atom is -0.497 e. The lowest BCUT2D eigenvalue weighted by Gasteiger charge is -2.05. The van der Waals surface area contributed by atoms with Crippen molar-refractivity contribution in [1.82, 2.24) is 0 Å². The van der Waals surface area contributed by atoms with Gasteiger partial charge in [-0.25, -0.2) is 0 Å². The predicted molar refractivity (Wildman–Crippen MR) is 102 cm³/mol. The van der Waals surface area contributed by atoms with E-state index in [1.807, 2.05) is 55.5 Å². The molecule has 2 aromatic carbocycles. The minimum atomic E-state index is -0.124. The lowest BCUT2D eigenvalue weighted by Crippen LogP contribution is -2.10. The average molecular weight is 353 g/mol. The van der Waals surface area contributed by atoms with Gasteiger partial charge in [-0.3, -0.25) is 4.79 Å². The molecule has 0 saturated heterocycles. The number of benzene rings is 2. The molecule has 0 radical (unpaired) electrons. The summed E-state index contributed by atoms with van der Waals surface area (Å²) in [5.41, 5.74) is 2.83. The number of carbonyl (C=O) groups excluding carboxylic acids is 1. The molecule has 0 spiro atoms. The molecular weight excluding hydrogens is 334 g/mol. The number of ether oxygens (including phenoxy) is 2. The Bertz CT molecular complexity index is 884. The van der Waals surface area contributed by atoms with Gasteiger partial charge >= 0.3 is 0 Å². The summed E-state index contributed by atoms with van der Waals surface area (Å²) in [4.78, 5) is 14.3. The topological polar surface area (TPSA) is 47.6 Å². The van der Waals surface area contributed by atoms with Crippen molar-refractivity contribution in [3.63, 3.8) is 0 Å². The molecular formula is C20H19NO3S. The van der Waals surface area contributed by atoms with Crippen LogP contribution in [-0.4, -0.2) is 20.1 Å². The molecule has 1 heterocycles. The van der Waals surface area contributed by atoms with Crippen LogP contribution in [0.2, 0.25) is 0 Å². The fourth-order valence-corrected chi connectivity index (χ4v) is 3.48. The van der Waals surface area contributed by atoms with E-state index in [1.165, 1.54) is 11.3 Å². The Labute approximate surface area is 151 Å². The highest BCUT2D eigenvalue weighted by Crippen LogP contribution is 2.32. The second-order valence-electron chi connectivity index (χ2n) is 5.50. The Morgan fingerprint density at radius 1 is 0.960 bits per heavy atom. The van der Waals surface area contributed by atoms with Crippen LogP contribution in [0.1, 0.15) is 14.5 Å². The number of amides is 1. The first-order valence-electron chi connectivity index (χ1n) is 7.81. The van der Waals surface area contributed by atoms with E-state index >= 15 is 0 Å². The van der Waals surface area contributed by atoms with Crippen molar-refractivity contribution in [3.8, 4) is 22.6 Å². The summed E-state index contributed by atoms with van der Waals surface area (Å²) in [6.07, 6.45) is 0. The monoisotopic (exact) mass is 353 g/mol. The second kappa shape index (κ2) is 7.40. The summed E-state index contributed by atoms with van der Waals surface area (Å²) in [6.45, 7) is 2.02. The summed E-state index contributed by atoms with van der Waals surface area (Å²) >= 11 is 1.48. The van der Waals surface area contributed by atoms with Gasteiger partial charge < -0.3 is 14.8 Å². The molecule has 0 atom stereocenters. The smallest absolute Gasteiger partial charge is 0.265 e. The number of hydrogen-bond donors (Lipinski definition) is 1. The van der Waals surface area contributed by atoms with Crippen molar-refractivity contribution in [2.75, 3.05) is 19.5 Å². The highest BCUT2D eigenvalue weighted by Gasteiger charge is 2.14. The van der Waals surface area contributed by atoms with Crippen LogP contribution >= 0.6 is 11.3 Å². The van der Waals surface area contributed by atoms with Crippen molar-refractivity contribution in [2.24, 2.45) is 0 Å². The summed E-state index contributed by atoms with van der Waals surface area (Å²) in [6, 6.07) is 17.1. The Morgan fingerprint density at radius 3 is 2.36 bits per heavy atom. The number of nitrogens with one attached hydrogen (secondary N) is 1. The Kier molecular flexibility index (Phi) is 5.05. The SMILES string of the molecule is COc1ccc(-c2cc(C(=O)Nc3cccc(OC)c3)sc2C)cc1. The van der Waals surface area contributed by atoms with Gasteiger partial charge in [0.25, 0.3) is 5.91 Å². The lowest BCUT2D eigenvalue weighted by molar-refractivity contribution is 0.103. The van der Waals surface area contributed by atoms with Crippen LogP contribution in [0.5, 0.6) is 11.5 Å². The third-order valence-corrected chi connectivity index (χ3v) is 4.92. The van der Waals surface area contributed by atoms with Gasteiger partial charge in [0.2, 0.25) is 0 Å². The number of carbonyl (C=O) groups is 1. The third-order valence-electron chi connectivity index (χ3n) is 3.87. The largest absolute Gasteiger partial charge is 0.497 e. The van der Waals surface area contributed by atoms with E-state index in [0.717, 1.165) is 21.8 Å². The number of aryl methyl sites for hydroxylation is 1. The van der Waals surface area contributed by atoms with Gasteiger partial charge in [-0.05, 0) is 48.4 Å². The zero-order chi connectivity index (χ0) is 17.8. The maximum Gasteiger partial charge on any atom is 0.265 e. The van der Waals surface area contributed by atoms with E-state index in [1.54, 1.807) is 20.3 Å². The molecule has 0 unspecified atom stereocenters. The van der Waals surface area contributed by atoms with Gasteiger partial charge in [0.1, 0.15) is 11.5 Å². The molecule has 1 N–H and O–H groups in total. The molecule has 0 aliphatic heterocycles. The Morgan fingerprint density at radius 2 is 1.68 bits per heavy atom. The van der Waals surface area contributed by atoms with E-state index in [9.17, 15) is 4.79 Å². The van der Waals surface area contributed by atoms with Crippen LogP contribution in [-0.2, 0) is 0 Å². The Balaban J connectivity index is 1.81. The standard InChI is InChI=1S/C20H19NO3S/c1-13-18(14-7-9-16(23-2)10-8-14)12-19(25-13)20(22)21-15-5-4-6-17(11-15)24-3/h4-12H,1-3H3,(H,21,22). The summed E-state index contributed by atoms with van der Waals surface area (Å²) in [7, 11) is 3.25. The van der Waals surface area contributed by atoms with Crippen molar-refractivity contribution in [1.29, 1.82) is 0 Å². The molecule has 0 aliphatic carbocycles. The number of methoxy groups -OCH3 is 2. The highest BCUT2D eigenvalue weighted by atomic mass is 32.1. The van der Waals surface area contributed by atoms with Crippen molar-refractivity contribution in [3.05, 3.63) is 64.4 Å². The van der Waals surface area contributed by atoms with Gasteiger partial charge in [-0.2, -0.15) is 0 Å². The van der Waals surface area contributed by atoms with Crippen LogP contribution in [0, 0.1) is 6.92 Å². The van der Waals surface area contributed by atoms with Crippen LogP contribution in [0.4, 0.5) is 5.69 Å². The van der Waals surface area contributed by atoms with Crippen molar-refractivity contribution < 1.29 is 14.3 Å². The molecule has 0 saturated carbocycles. The Hall–Kier alpha value is -2.79. The van der Waals surface area contributed by atoms with E-state index in [0.29, 0.717) is 16.3 Å². The highest BCUT2D eigenvalue weighted by molar-refractivity contribution is 7.14. The minimum absolute atomic E-state index is 0.124. The zero-order valence-electron chi connectivity index (χ0n) is 14.3. The van der Waals surface area contributed by atoms with Crippen LogP contribution in [0.3, 0.4) is 0 Å². The molecule has 1 aromatic heterocycles. The second-order valence-corrected chi connectivity index (χ2v) is 6.75. The van der Waals surface area contributed by atoms with Gasteiger partial charge in [0, 0.05) is 16.6 Å². The summed E-state index contributed by atoms with van der Waals surface area (Å²) < 4.78 is 10.4. The van der Waals surface area contributed by atoms with Gasteiger partial charge in [-0.15, -0.1) is 11.3 Å². The quantitative estimate of drug-likeness (QED) is 0.703. The van der Waals surface area contributed by atoms with Gasteiger partial charge in [0.15, 0.2) is 0 Å². The number of thiophene rings is 1. The third kappa shape index (κ3) is 3.83. The first-order chi connectivity index (χ1) is 12.1. The molecule has 0 bridgehead atoms. The lowest BCUT2D eigenvalue weighted by atomic mass is 10.1. The van der Waals surface area contributed by atoms with Gasteiger partial charge in [-0.1, -0.05) is 18.2 Å². The normalized spacial score (nSPS) is 10.4. The van der Waals surface area contributed by atoms with Crippen molar-refractivity contribution in [2.45, 2.75) is 6.92 Å². The maximum absolute atomic E-state index is 12.5. The molecule has 0 aliphatic rings. The van der Waals surface area contributed by atoms with E-state index in [4.69, 9.17) is 9.47 Å². The summed E-state index contributed by atoms with van der Waals surface area (Å²) in [5.74, 6) is 1.40. The predicted octanol–water partition coefficient (Wildman–Crippen LogP) is 4.99. The van der Waals surface area contributed by atoms with E-state index in [-0.39, 0.29) is 5.91 Å². The van der Waals surface area contributed by atoms with Gasteiger partial charge in [0.05, 0.1) is 19.1 Å². The van der Waals surface area contributed by atoms with Crippen LogP contribution < -0.4 is 14.8 Å². The molecule has 25 heavy (non-hydrogen) atoms. The van der Waals surface area contributed by atoms with Crippen LogP contribution in [0.15, 0.2) is 54.6 Å². The number of anilines is 1. The molecule has 128 valence electrons. The molecule has 5 heteroatoms. The summed E-state index contributed by atoms with van der Waals surface area (Å²) in [5, 5.41) is 2.91. The number of hydrogen-bond acceptors (Lipinski definition) is 4. The fourth-order valence-electron chi connectivity index (χ4n) is 2.54. The van der Waals surface area contributed by atoms with E-state index < -0.39 is 0 Å². The number of rotatable bonds is 5. The van der Waals surface area contributed by atoms with E-state index in [2.05, 4.69) is 5.32 Å². The molecule has 1 amide bonds. The first kappa shape index (κ1) is 17.0. The van der Waals surface area contributed by atoms with Crippen LogP contribution in [0.25, 0.3) is 11.1 Å². The fraction of sp³-hybridized carbons (Fsp3) is 0.150. The first-order valence-corrected chi connectivity index (χ1v) is 8.62. The average Bonchev–Trinajstić information content (AvgIpc) is 3.04. The molecule has 3 rings (SSSR count). The molecule has 4 nitrogen and oxygen atoms in total. The maximum atomic E-state index is 12.5. The molecule has 0 fully saturated rings. The molecule has 3 aromatic rings. The zero-order valence-corrected chi connectivity index (χ0v) is 15.1.